The van der Waals surface area contributed by atoms with E-state index in [1.54, 1.807) is 0 Å². The Kier molecular flexibility index (Phi) is 4.79. The predicted octanol–water partition coefficient (Wildman–Crippen LogP) is 3.70. The normalized spacial score (nSPS) is 14.8. The van der Waals surface area contributed by atoms with Crippen LogP contribution in [0.5, 0.6) is 0 Å². The molecular formula is C18H24OSi. The van der Waals surface area contributed by atoms with Crippen LogP contribution in [-0.4, -0.2) is 19.3 Å². The summed E-state index contributed by atoms with van der Waals surface area (Å²) in [6.45, 7) is 6.70. The van der Waals surface area contributed by atoms with Crippen molar-refractivity contribution < 1.29 is 5.11 Å². The Morgan fingerprint density at radius 2 is 1.40 bits per heavy atom. The average molecular weight is 284 g/mol. The first kappa shape index (κ1) is 15.0. The molecule has 0 aromatic heterocycles. The van der Waals surface area contributed by atoms with Crippen LogP contribution in [0, 0.1) is 0 Å². The van der Waals surface area contributed by atoms with E-state index < -0.39 is 8.07 Å². The van der Waals surface area contributed by atoms with Gasteiger partial charge in [0.25, 0.3) is 0 Å². The first-order valence-electron chi connectivity index (χ1n) is 7.30. The molecule has 2 atom stereocenters. The fourth-order valence-corrected chi connectivity index (χ4v) is 6.35. The van der Waals surface area contributed by atoms with E-state index in [4.69, 9.17) is 0 Å². The van der Waals surface area contributed by atoms with Crippen molar-refractivity contribution in [2.75, 3.05) is 0 Å². The van der Waals surface area contributed by atoms with Crippen LogP contribution in [0.1, 0.15) is 24.4 Å². The summed E-state index contributed by atoms with van der Waals surface area (Å²) in [6, 6.07) is 21.4. The summed E-state index contributed by atoms with van der Waals surface area (Å²) in [5, 5.41) is 11.4. The average Bonchev–Trinajstić information content (AvgIpc) is 2.46. The molecule has 0 fully saturated rings. The Balaban J connectivity index is 2.41. The van der Waals surface area contributed by atoms with E-state index in [-0.39, 0.29) is 6.10 Å². The van der Waals surface area contributed by atoms with Gasteiger partial charge in [0.05, 0.1) is 14.2 Å². The van der Waals surface area contributed by atoms with Crippen LogP contribution in [-0.2, 0) is 0 Å². The van der Waals surface area contributed by atoms with E-state index in [1.807, 2.05) is 6.92 Å². The highest BCUT2D eigenvalue weighted by molar-refractivity contribution is 6.90. The topological polar surface area (TPSA) is 20.2 Å². The predicted molar refractivity (Wildman–Crippen MR) is 89.0 cm³/mol. The summed E-state index contributed by atoms with van der Waals surface area (Å²) in [5.74, 6) is 0. The molecule has 2 aromatic rings. The molecule has 0 aliphatic carbocycles. The summed E-state index contributed by atoms with van der Waals surface area (Å²) in [6.07, 6.45) is 0.564. The Bertz CT molecular complexity index is 520. The molecule has 0 radical (unpaired) electrons. The van der Waals surface area contributed by atoms with Crippen molar-refractivity contribution >= 4 is 13.3 Å². The number of aliphatic hydroxyl groups excluding tert-OH is 1. The Morgan fingerprint density at radius 3 is 1.90 bits per heavy atom. The summed E-state index contributed by atoms with van der Waals surface area (Å²) >= 11 is 0. The van der Waals surface area contributed by atoms with Gasteiger partial charge >= 0.3 is 0 Å². The summed E-state index contributed by atoms with van der Waals surface area (Å²) in [5.41, 5.74) is 1.79. The lowest BCUT2D eigenvalue weighted by Crippen LogP contribution is -2.48. The summed E-state index contributed by atoms with van der Waals surface area (Å²) < 4.78 is 0. The molecule has 0 amide bonds. The van der Waals surface area contributed by atoms with E-state index >= 15 is 0 Å². The molecule has 0 unspecified atom stereocenters. The largest absolute Gasteiger partial charge is 0.393 e. The van der Waals surface area contributed by atoms with Gasteiger partial charge in [-0.15, -0.1) is 0 Å². The van der Waals surface area contributed by atoms with Gasteiger partial charge in [0.2, 0.25) is 0 Å². The first-order chi connectivity index (χ1) is 9.51. The van der Waals surface area contributed by atoms with Crippen LogP contribution in [0.3, 0.4) is 0 Å². The second kappa shape index (κ2) is 6.38. The van der Waals surface area contributed by atoms with Crippen molar-refractivity contribution in [3.05, 3.63) is 66.2 Å². The highest BCUT2D eigenvalue weighted by Gasteiger charge is 2.35. The van der Waals surface area contributed by atoms with Crippen molar-refractivity contribution in [1.29, 1.82) is 0 Å². The van der Waals surface area contributed by atoms with E-state index in [1.165, 1.54) is 10.8 Å². The van der Waals surface area contributed by atoms with Gasteiger partial charge in [0, 0.05) is 0 Å². The molecule has 0 aliphatic heterocycles. The van der Waals surface area contributed by atoms with Crippen LogP contribution in [0.4, 0.5) is 0 Å². The molecule has 2 heteroatoms. The molecule has 0 aliphatic rings. The Labute approximate surface area is 123 Å². The van der Waals surface area contributed by atoms with Gasteiger partial charge in [-0.2, -0.15) is 0 Å². The van der Waals surface area contributed by atoms with Crippen LogP contribution in [0.15, 0.2) is 60.7 Å². The van der Waals surface area contributed by atoms with Crippen molar-refractivity contribution in [2.45, 2.75) is 38.1 Å². The zero-order chi connectivity index (χ0) is 14.6. The van der Waals surface area contributed by atoms with Gasteiger partial charge in [-0.1, -0.05) is 78.9 Å². The van der Waals surface area contributed by atoms with Crippen molar-refractivity contribution in [3.63, 3.8) is 0 Å². The summed E-state index contributed by atoms with van der Waals surface area (Å²) in [7, 11) is -1.67. The van der Waals surface area contributed by atoms with Crippen molar-refractivity contribution in [2.24, 2.45) is 0 Å². The molecule has 0 spiro atoms. The number of rotatable bonds is 5. The highest BCUT2D eigenvalue weighted by Crippen LogP contribution is 2.31. The summed E-state index contributed by atoms with van der Waals surface area (Å²) in [4.78, 5) is 0. The molecule has 20 heavy (non-hydrogen) atoms. The Hall–Kier alpha value is -1.38. The van der Waals surface area contributed by atoms with Crippen LogP contribution in [0.2, 0.25) is 13.1 Å². The molecule has 0 saturated heterocycles. The number of benzene rings is 2. The van der Waals surface area contributed by atoms with E-state index in [9.17, 15) is 5.11 Å². The Morgan fingerprint density at radius 1 is 0.900 bits per heavy atom. The molecule has 0 bridgehead atoms. The quantitative estimate of drug-likeness (QED) is 0.830. The fraction of sp³-hybridized carbons (Fsp3) is 0.333. The molecule has 2 aromatic carbocycles. The third kappa shape index (κ3) is 3.38. The molecule has 1 nitrogen and oxygen atoms in total. The lowest BCUT2D eigenvalue weighted by Gasteiger charge is -2.34. The van der Waals surface area contributed by atoms with Gasteiger partial charge in [0.1, 0.15) is 0 Å². The van der Waals surface area contributed by atoms with Gasteiger partial charge in [-0.25, -0.2) is 0 Å². The zero-order valence-electron chi connectivity index (χ0n) is 12.6. The second-order valence-electron chi connectivity index (χ2n) is 6.14. The minimum Gasteiger partial charge on any atom is -0.393 e. The number of aliphatic hydroxyl groups is 1. The monoisotopic (exact) mass is 284 g/mol. The molecule has 0 saturated carbocycles. The van der Waals surface area contributed by atoms with Crippen molar-refractivity contribution in [1.82, 2.24) is 0 Å². The first-order valence-corrected chi connectivity index (χ1v) is 10.4. The number of hydrogen-bond acceptors (Lipinski definition) is 1. The SMILES string of the molecule is C[C@@H](O)C[C@H](c1ccccc1)[Si](C)(C)c1ccccc1. The standard InChI is InChI=1S/C18H24OSi/c1-15(19)14-18(16-10-6-4-7-11-16)20(2,3)17-12-8-5-9-13-17/h4-13,15,18-19H,14H2,1-3H3/t15-,18-/m1/s1. The molecule has 0 heterocycles. The van der Waals surface area contributed by atoms with Crippen LogP contribution >= 0.6 is 0 Å². The smallest absolute Gasteiger partial charge is 0.0880 e. The van der Waals surface area contributed by atoms with Crippen molar-refractivity contribution in [3.8, 4) is 0 Å². The molecule has 2 rings (SSSR count). The van der Waals surface area contributed by atoms with Gasteiger partial charge in [-0.05, 0) is 24.4 Å². The van der Waals surface area contributed by atoms with Crippen LogP contribution in [0.25, 0.3) is 0 Å². The van der Waals surface area contributed by atoms with Gasteiger partial charge in [0.15, 0.2) is 0 Å². The minimum atomic E-state index is -1.67. The maximum atomic E-state index is 9.92. The fourth-order valence-electron chi connectivity index (χ4n) is 2.94. The second-order valence-corrected chi connectivity index (χ2v) is 10.9. The third-order valence-electron chi connectivity index (χ3n) is 4.17. The lowest BCUT2D eigenvalue weighted by molar-refractivity contribution is 0.182. The molecule has 106 valence electrons. The minimum absolute atomic E-state index is 0.268. The van der Waals surface area contributed by atoms with E-state index in [0.717, 1.165) is 6.42 Å². The molecule has 1 N–H and O–H groups in total. The maximum Gasteiger partial charge on any atom is 0.0880 e. The third-order valence-corrected chi connectivity index (χ3v) is 8.30. The zero-order valence-corrected chi connectivity index (χ0v) is 13.6. The lowest BCUT2D eigenvalue weighted by atomic mass is 10.1. The molecular weight excluding hydrogens is 260 g/mol. The number of hydrogen-bond donors (Lipinski definition) is 1. The van der Waals surface area contributed by atoms with Gasteiger partial charge < -0.3 is 5.11 Å². The maximum absolute atomic E-state index is 9.92. The van der Waals surface area contributed by atoms with E-state index in [0.29, 0.717) is 5.54 Å². The van der Waals surface area contributed by atoms with Crippen LogP contribution < -0.4 is 5.19 Å². The van der Waals surface area contributed by atoms with Gasteiger partial charge in [-0.3, -0.25) is 0 Å². The van der Waals surface area contributed by atoms with E-state index in [2.05, 4.69) is 73.8 Å². The highest BCUT2D eigenvalue weighted by atomic mass is 28.3.